The fraction of sp³-hybridized carbons (Fsp3) is 0.818. The minimum atomic E-state index is -0.691. The van der Waals surface area contributed by atoms with E-state index in [0.29, 0.717) is 0 Å². The standard InChI is InChI=1S/C11H18O2/c1-10(2)6-4-7-11(10,12)9-5-3-8-13-9/h5,12H,3-4,6-8H2,1-2H3. The Morgan fingerprint density at radius 1 is 1.38 bits per heavy atom. The second-order valence-corrected chi connectivity index (χ2v) is 4.80. The predicted octanol–water partition coefficient (Wildman–Crippen LogP) is 2.23. The third-order valence-corrected chi connectivity index (χ3v) is 3.57. The summed E-state index contributed by atoms with van der Waals surface area (Å²) in [5.74, 6) is 0.829. The van der Waals surface area contributed by atoms with Crippen LogP contribution in [0.1, 0.15) is 39.5 Å². The predicted molar refractivity (Wildman–Crippen MR) is 51.2 cm³/mol. The van der Waals surface area contributed by atoms with Crippen LogP contribution in [0, 0.1) is 5.41 Å². The lowest BCUT2D eigenvalue weighted by Crippen LogP contribution is -2.41. The molecule has 0 amide bonds. The highest BCUT2D eigenvalue weighted by Crippen LogP contribution is 2.50. The molecule has 0 spiro atoms. The summed E-state index contributed by atoms with van der Waals surface area (Å²) < 4.78 is 5.49. The molecule has 0 aromatic rings. The molecular weight excluding hydrogens is 164 g/mol. The van der Waals surface area contributed by atoms with Gasteiger partial charge in [-0.25, -0.2) is 0 Å². The fourth-order valence-corrected chi connectivity index (χ4v) is 2.49. The molecule has 1 aliphatic heterocycles. The van der Waals surface area contributed by atoms with Crippen molar-refractivity contribution < 1.29 is 9.84 Å². The van der Waals surface area contributed by atoms with Crippen LogP contribution in [-0.4, -0.2) is 17.3 Å². The quantitative estimate of drug-likeness (QED) is 0.674. The van der Waals surface area contributed by atoms with Gasteiger partial charge in [0.15, 0.2) is 0 Å². The molecule has 2 rings (SSSR count). The average molecular weight is 182 g/mol. The first-order chi connectivity index (χ1) is 6.06. The molecular formula is C11H18O2. The van der Waals surface area contributed by atoms with Crippen molar-refractivity contribution in [3.63, 3.8) is 0 Å². The Morgan fingerprint density at radius 2 is 2.15 bits per heavy atom. The molecule has 1 heterocycles. The highest BCUT2D eigenvalue weighted by atomic mass is 16.5. The molecule has 1 unspecified atom stereocenters. The van der Waals surface area contributed by atoms with Crippen molar-refractivity contribution in [3.8, 4) is 0 Å². The molecule has 1 N–H and O–H groups in total. The molecule has 2 heteroatoms. The highest BCUT2D eigenvalue weighted by Gasteiger charge is 2.51. The molecule has 0 radical (unpaired) electrons. The van der Waals surface area contributed by atoms with Crippen molar-refractivity contribution in [1.29, 1.82) is 0 Å². The SMILES string of the molecule is CC1(C)CCCC1(O)C1=CCCO1. The summed E-state index contributed by atoms with van der Waals surface area (Å²) in [6.45, 7) is 5.00. The van der Waals surface area contributed by atoms with Gasteiger partial charge in [0.25, 0.3) is 0 Å². The Labute approximate surface area is 79.6 Å². The largest absolute Gasteiger partial charge is 0.495 e. The zero-order valence-electron chi connectivity index (χ0n) is 8.47. The van der Waals surface area contributed by atoms with E-state index in [1.54, 1.807) is 0 Å². The summed E-state index contributed by atoms with van der Waals surface area (Å²) in [7, 11) is 0. The topological polar surface area (TPSA) is 29.5 Å². The van der Waals surface area contributed by atoms with Crippen LogP contribution in [0.25, 0.3) is 0 Å². The van der Waals surface area contributed by atoms with E-state index >= 15 is 0 Å². The van der Waals surface area contributed by atoms with E-state index in [1.165, 1.54) is 0 Å². The Balaban J connectivity index is 2.28. The lowest BCUT2D eigenvalue weighted by Gasteiger charge is -2.36. The zero-order chi connectivity index (χ0) is 9.53. The number of aliphatic hydroxyl groups is 1. The molecule has 0 aromatic carbocycles. The first-order valence-electron chi connectivity index (χ1n) is 5.12. The lowest BCUT2D eigenvalue weighted by molar-refractivity contribution is -0.0493. The van der Waals surface area contributed by atoms with Gasteiger partial charge >= 0.3 is 0 Å². The van der Waals surface area contributed by atoms with Gasteiger partial charge < -0.3 is 9.84 Å². The summed E-state index contributed by atoms with van der Waals surface area (Å²) in [6, 6.07) is 0. The number of rotatable bonds is 1. The fourth-order valence-electron chi connectivity index (χ4n) is 2.49. The average Bonchev–Trinajstić information content (AvgIpc) is 2.61. The third kappa shape index (κ3) is 1.19. The van der Waals surface area contributed by atoms with Gasteiger partial charge in [0.2, 0.25) is 0 Å². The second kappa shape index (κ2) is 2.74. The highest BCUT2D eigenvalue weighted by molar-refractivity contribution is 5.20. The van der Waals surface area contributed by atoms with E-state index < -0.39 is 5.60 Å². The second-order valence-electron chi connectivity index (χ2n) is 4.80. The van der Waals surface area contributed by atoms with Gasteiger partial charge in [-0.15, -0.1) is 0 Å². The van der Waals surface area contributed by atoms with E-state index in [1.807, 2.05) is 6.08 Å². The summed E-state index contributed by atoms with van der Waals surface area (Å²) in [6.07, 6.45) is 6.04. The maximum Gasteiger partial charge on any atom is 0.126 e. The molecule has 1 atom stereocenters. The molecule has 1 aliphatic carbocycles. The van der Waals surface area contributed by atoms with E-state index in [0.717, 1.165) is 38.0 Å². The Morgan fingerprint density at radius 3 is 2.62 bits per heavy atom. The normalized spacial score (nSPS) is 37.3. The maximum absolute atomic E-state index is 10.5. The van der Waals surface area contributed by atoms with Crippen LogP contribution in [0.5, 0.6) is 0 Å². The van der Waals surface area contributed by atoms with Crippen LogP contribution < -0.4 is 0 Å². The molecule has 1 fully saturated rings. The first-order valence-corrected chi connectivity index (χ1v) is 5.12. The molecule has 0 saturated heterocycles. The van der Waals surface area contributed by atoms with Crippen LogP contribution in [0.15, 0.2) is 11.8 Å². The van der Waals surface area contributed by atoms with Crippen LogP contribution >= 0.6 is 0 Å². The van der Waals surface area contributed by atoms with Crippen LogP contribution in [-0.2, 0) is 4.74 Å². The molecule has 2 aliphatic rings. The van der Waals surface area contributed by atoms with E-state index in [2.05, 4.69) is 13.8 Å². The van der Waals surface area contributed by atoms with Crippen LogP contribution in [0.4, 0.5) is 0 Å². The molecule has 2 nitrogen and oxygen atoms in total. The van der Waals surface area contributed by atoms with Gasteiger partial charge in [-0.05, 0) is 25.3 Å². The number of ether oxygens (including phenoxy) is 1. The van der Waals surface area contributed by atoms with E-state index in [9.17, 15) is 5.11 Å². The van der Waals surface area contributed by atoms with Gasteiger partial charge in [-0.3, -0.25) is 0 Å². The van der Waals surface area contributed by atoms with Crippen molar-refractivity contribution in [3.05, 3.63) is 11.8 Å². The molecule has 0 aromatic heterocycles. The van der Waals surface area contributed by atoms with Crippen molar-refractivity contribution in [2.45, 2.75) is 45.1 Å². The first kappa shape index (κ1) is 9.07. The van der Waals surface area contributed by atoms with Gasteiger partial charge in [0.05, 0.1) is 6.61 Å². The summed E-state index contributed by atoms with van der Waals surface area (Å²) in [4.78, 5) is 0. The van der Waals surface area contributed by atoms with Gasteiger partial charge in [-0.1, -0.05) is 13.8 Å². The maximum atomic E-state index is 10.5. The molecule has 1 saturated carbocycles. The van der Waals surface area contributed by atoms with Crippen LogP contribution in [0.2, 0.25) is 0 Å². The van der Waals surface area contributed by atoms with Gasteiger partial charge in [-0.2, -0.15) is 0 Å². The summed E-state index contributed by atoms with van der Waals surface area (Å²) in [5.41, 5.74) is -0.716. The Bertz CT molecular complexity index is 242. The van der Waals surface area contributed by atoms with Crippen molar-refractivity contribution >= 4 is 0 Å². The number of hydrogen-bond donors (Lipinski definition) is 1. The van der Waals surface area contributed by atoms with E-state index in [4.69, 9.17) is 4.74 Å². The van der Waals surface area contributed by atoms with Gasteiger partial charge in [0.1, 0.15) is 11.4 Å². The number of hydrogen-bond acceptors (Lipinski definition) is 2. The Hall–Kier alpha value is -0.500. The molecule has 13 heavy (non-hydrogen) atoms. The minimum Gasteiger partial charge on any atom is -0.495 e. The third-order valence-electron chi connectivity index (χ3n) is 3.57. The lowest BCUT2D eigenvalue weighted by atomic mass is 9.76. The van der Waals surface area contributed by atoms with Crippen molar-refractivity contribution in [1.82, 2.24) is 0 Å². The van der Waals surface area contributed by atoms with Crippen molar-refractivity contribution in [2.24, 2.45) is 5.41 Å². The molecule has 0 bridgehead atoms. The minimum absolute atomic E-state index is 0.0246. The smallest absolute Gasteiger partial charge is 0.126 e. The van der Waals surface area contributed by atoms with Crippen LogP contribution in [0.3, 0.4) is 0 Å². The summed E-state index contributed by atoms with van der Waals surface area (Å²) >= 11 is 0. The molecule has 74 valence electrons. The summed E-state index contributed by atoms with van der Waals surface area (Å²) in [5, 5.41) is 10.5. The Kier molecular flexibility index (Phi) is 1.91. The van der Waals surface area contributed by atoms with Gasteiger partial charge in [0, 0.05) is 11.8 Å². The zero-order valence-corrected chi connectivity index (χ0v) is 8.47. The monoisotopic (exact) mass is 182 g/mol. The van der Waals surface area contributed by atoms with E-state index in [-0.39, 0.29) is 5.41 Å². The van der Waals surface area contributed by atoms with Crippen molar-refractivity contribution in [2.75, 3.05) is 6.61 Å².